The summed E-state index contributed by atoms with van der Waals surface area (Å²) in [4.78, 5) is 24.0. The summed E-state index contributed by atoms with van der Waals surface area (Å²) in [6.45, 7) is 0. The molecular formula is C20H12Cl4N2O2. The van der Waals surface area contributed by atoms with Crippen molar-refractivity contribution >= 4 is 79.6 Å². The zero-order chi connectivity index (χ0) is 20.3. The van der Waals surface area contributed by atoms with Crippen LogP contribution < -0.4 is 10.6 Å². The van der Waals surface area contributed by atoms with Crippen LogP contribution in [0.4, 0.5) is 22.7 Å². The number of carbonyl (C=O) groups is 2. The Morgan fingerprint density at radius 1 is 0.643 bits per heavy atom. The third-order valence-corrected chi connectivity index (χ3v) is 4.67. The van der Waals surface area contributed by atoms with Gasteiger partial charge in [-0.05, 0) is 71.7 Å². The van der Waals surface area contributed by atoms with E-state index in [0.29, 0.717) is 32.8 Å². The standard InChI is InChI=1S/C20H12Cl4N2O2/c21-11-3-1-5-13(7-11)25-17-9-16(20(24)28)18(10-15(17)19(23)27)26-14-6-2-4-12(22)8-14/h1-10,25-26H. The topological polar surface area (TPSA) is 58.2 Å². The minimum absolute atomic E-state index is 0.160. The summed E-state index contributed by atoms with van der Waals surface area (Å²) in [7, 11) is 0. The Labute approximate surface area is 181 Å². The van der Waals surface area contributed by atoms with E-state index in [0.717, 1.165) is 0 Å². The molecule has 8 heteroatoms. The molecule has 0 aliphatic rings. The van der Waals surface area contributed by atoms with Gasteiger partial charge in [0.2, 0.25) is 0 Å². The number of rotatable bonds is 6. The van der Waals surface area contributed by atoms with Gasteiger partial charge in [0.25, 0.3) is 10.5 Å². The number of halogens is 4. The fourth-order valence-corrected chi connectivity index (χ4v) is 3.27. The molecule has 4 nitrogen and oxygen atoms in total. The summed E-state index contributed by atoms with van der Waals surface area (Å²) >= 11 is 23.5. The van der Waals surface area contributed by atoms with Gasteiger partial charge in [-0.2, -0.15) is 0 Å². The van der Waals surface area contributed by atoms with Gasteiger partial charge >= 0.3 is 0 Å². The second-order valence-corrected chi connectivity index (χ2v) is 7.32. The number of anilines is 4. The molecule has 0 radical (unpaired) electrons. The van der Waals surface area contributed by atoms with Crippen molar-refractivity contribution in [3.8, 4) is 0 Å². The summed E-state index contributed by atoms with van der Waals surface area (Å²) in [5.74, 6) is 0. The molecule has 0 unspecified atom stereocenters. The van der Waals surface area contributed by atoms with Crippen molar-refractivity contribution in [1.82, 2.24) is 0 Å². The van der Waals surface area contributed by atoms with Crippen molar-refractivity contribution in [2.75, 3.05) is 10.6 Å². The SMILES string of the molecule is O=C(Cl)c1cc(Nc2cccc(Cl)c2)c(C(=O)Cl)cc1Nc1cccc(Cl)c1. The Balaban J connectivity index is 2.07. The summed E-state index contributed by atoms with van der Waals surface area (Å²) in [6, 6.07) is 16.7. The fourth-order valence-electron chi connectivity index (χ4n) is 2.58. The van der Waals surface area contributed by atoms with E-state index < -0.39 is 10.5 Å². The molecule has 0 aromatic heterocycles. The van der Waals surface area contributed by atoms with Crippen molar-refractivity contribution in [3.63, 3.8) is 0 Å². The fraction of sp³-hybridized carbons (Fsp3) is 0. The number of carbonyl (C=O) groups excluding carboxylic acids is 2. The predicted octanol–water partition coefficient (Wildman–Crippen LogP) is 7.24. The molecule has 3 aromatic rings. The molecule has 0 saturated carbocycles. The van der Waals surface area contributed by atoms with E-state index in [1.165, 1.54) is 12.1 Å². The minimum atomic E-state index is -0.702. The van der Waals surface area contributed by atoms with Crippen molar-refractivity contribution in [2.45, 2.75) is 0 Å². The van der Waals surface area contributed by atoms with Gasteiger partial charge in [0, 0.05) is 21.4 Å². The molecule has 0 bridgehead atoms. The van der Waals surface area contributed by atoms with Gasteiger partial charge in [-0.3, -0.25) is 9.59 Å². The lowest BCUT2D eigenvalue weighted by Crippen LogP contribution is -2.06. The molecule has 0 saturated heterocycles. The predicted molar refractivity (Wildman–Crippen MR) is 116 cm³/mol. The number of benzene rings is 3. The maximum atomic E-state index is 12.0. The Hall–Kier alpha value is -2.24. The Morgan fingerprint density at radius 2 is 1.04 bits per heavy atom. The molecule has 28 heavy (non-hydrogen) atoms. The van der Waals surface area contributed by atoms with Gasteiger partial charge in [0.05, 0.1) is 22.5 Å². The van der Waals surface area contributed by atoms with E-state index in [2.05, 4.69) is 10.6 Å². The molecule has 0 fully saturated rings. The van der Waals surface area contributed by atoms with Gasteiger partial charge in [-0.15, -0.1) is 0 Å². The van der Waals surface area contributed by atoms with E-state index in [-0.39, 0.29) is 11.1 Å². The zero-order valence-corrected chi connectivity index (χ0v) is 17.1. The highest BCUT2D eigenvalue weighted by molar-refractivity contribution is 6.69. The maximum Gasteiger partial charge on any atom is 0.254 e. The van der Waals surface area contributed by atoms with Crippen LogP contribution in [-0.2, 0) is 0 Å². The van der Waals surface area contributed by atoms with E-state index in [1.54, 1.807) is 48.5 Å². The van der Waals surface area contributed by atoms with Gasteiger partial charge in [-0.1, -0.05) is 35.3 Å². The van der Waals surface area contributed by atoms with Crippen molar-refractivity contribution in [3.05, 3.63) is 81.8 Å². The molecule has 2 N–H and O–H groups in total. The lowest BCUT2D eigenvalue weighted by molar-refractivity contribution is 0.107. The first-order chi connectivity index (χ1) is 13.3. The number of nitrogens with one attached hydrogen (secondary N) is 2. The molecule has 0 heterocycles. The Morgan fingerprint density at radius 3 is 1.36 bits per heavy atom. The van der Waals surface area contributed by atoms with Crippen LogP contribution >= 0.6 is 46.4 Å². The van der Waals surface area contributed by atoms with Crippen molar-refractivity contribution in [1.29, 1.82) is 0 Å². The first-order valence-electron chi connectivity index (χ1n) is 7.96. The van der Waals surface area contributed by atoms with Crippen LogP contribution in [0.15, 0.2) is 60.7 Å². The van der Waals surface area contributed by atoms with E-state index >= 15 is 0 Å². The monoisotopic (exact) mass is 452 g/mol. The van der Waals surface area contributed by atoms with E-state index in [1.807, 2.05) is 0 Å². The van der Waals surface area contributed by atoms with Crippen LogP contribution in [0, 0.1) is 0 Å². The molecule has 0 atom stereocenters. The molecule has 0 aliphatic carbocycles. The average molecular weight is 454 g/mol. The largest absolute Gasteiger partial charge is 0.355 e. The number of hydrogen-bond donors (Lipinski definition) is 2. The van der Waals surface area contributed by atoms with Crippen LogP contribution in [0.1, 0.15) is 20.7 Å². The molecule has 0 spiro atoms. The van der Waals surface area contributed by atoms with Crippen LogP contribution in [0.25, 0.3) is 0 Å². The summed E-state index contributed by atoms with van der Waals surface area (Å²) < 4.78 is 0. The van der Waals surface area contributed by atoms with E-state index in [9.17, 15) is 9.59 Å². The summed E-state index contributed by atoms with van der Waals surface area (Å²) in [5, 5.41) is 5.70. The molecule has 0 aliphatic heterocycles. The van der Waals surface area contributed by atoms with Gasteiger partial charge in [0.1, 0.15) is 0 Å². The third-order valence-electron chi connectivity index (χ3n) is 3.79. The molecule has 3 rings (SSSR count). The third kappa shape index (κ3) is 4.97. The highest BCUT2D eigenvalue weighted by atomic mass is 35.5. The molecule has 0 amide bonds. The van der Waals surface area contributed by atoms with Crippen LogP contribution in [-0.4, -0.2) is 10.5 Å². The normalized spacial score (nSPS) is 10.4. The number of hydrogen-bond acceptors (Lipinski definition) is 4. The summed E-state index contributed by atoms with van der Waals surface area (Å²) in [6.07, 6.45) is 0. The van der Waals surface area contributed by atoms with Crippen molar-refractivity contribution < 1.29 is 9.59 Å². The van der Waals surface area contributed by atoms with Gasteiger partial charge < -0.3 is 10.6 Å². The van der Waals surface area contributed by atoms with E-state index in [4.69, 9.17) is 46.4 Å². The molecule has 3 aromatic carbocycles. The van der Waals surface area contributed by atoms with Crippen LogP contribution in [0.5, 0.6) is 0 Å². The molecule has 142 valence electrons. The zero-order valence-electron chi connectivity index (χ0n) is 14.1. The molecular weight excluding hydrogens is 442 g/mol. The quantitative estimate of drug-likeness (QED) is 0.386. The maximum absolute atomic E-state index is 12.0. The highest BCUT2D eigenvalue weighted by Gasteiger charge is 2.18. The second-order valence-electron chi connectivity index (χ2n) is 5.76. The Kier molecular flexibility index (Phi) is 6.47. The van der Waals surface area contributed by atoms with Gasteiger partial charge in [0.15, 0.2) is 0 Å². The lowest BCUT2D eigenvalue weighted by atomic mass is 10.1. The van der Waals surface area contributed by atoms with Crippen LogP contribution in [0.2, 0.25) is 10.0 Å². The van der Waals surface area contributed by atoms with Gasteiger partial charge in [-0.25, -0.2) is 0 Å². The highest BCUT2D eigenvalue weighted by Crippen LogP contribution is 2.33. The minimum Gasteiger partial charge on any atom is -0.355 e. The smallest absolute Gasteiger partial charge is 0.254 e. The average Bonchev–Trinajstić information content (AvgIpc) is 2.62. The first kappa shape index (κ1) is 20.5. The lowest BCUT2D eigenvalue weighted by Gasteiger charge is -2.16. The van der Waals surface area contributed by atoms with Crippen LogP contribution in [0.3, 0.4) is 0 Å². The second kappa shape index (κ2) is 8.84. The summed E-state index contributed by atoms with van der Waals surface area (Å²) in [5.41, 5.74) is 2.21. The first-order valence-corrected chi connectivity index (χ1v) is 9.47. The Bertz CT molecular complexity index is 985. The van der Waals surface area contributed by atoms with Crippen molar-refractivity contribution in [2.24, 2.45) is 0 Å².